The summed E-state index contributed by atoms with van der Waals surface area (Å²) in [6.45, 7) is 2.00. The van der Waals surface area contributed by atoms with Crippen LogP contribution in [0.4, 0.5) is 5.82 Å². The van der Waals surface area contributed by atoms with Gasteiger partial charge in [0.05, 0.1) is 11.4 Å². The van der Waals surface area contributed by atoms with Crippen LogP contribution < -0.4 is 9.04 Å². The molecule has 112 valence electrons. The van der Waals surface area contributed by atoms with Crippen LogP contribution in [-0.4, -0.2) is 44.1 Å². The number of carbonyl (C=O) groups is 1. The van der Waals surface area contributed by atoms with E-state index in [4.69, 9.17) is 9.84 Å². The maximum atomic E-state index is 10.5. The van der Waals surface area contributed by atoms with Gasteiger partial charge in [0.2, 0.25) is 0 Å². The maximum Gasteiger partial charge on any atom is 0.341 e. The summed E-state index contributed by atoms with van der Waals surface area (Å²) in [5.41, 5.74) is 0.603. The van der Waals surface area contributed by atoms with E-state index in [9.17, 15) is 13.9 Å². The predicted octanol–water partition coefficient (Wildman–Crippen LogP) is 1.98. The van der Waals surface area contributed by atoms with Gasteiger partial charge >= 0.3 is 5.97 Å². The van der Waals surface area contributed by atoms with Gasteiger partial charge in [0.15, 0.2) is 6.61 Å². The molecule has 0 amide bonds. The van der Waals surface area contributed by atoms with Crippen LogP contribution in [0, 0.1) is 0 Å². The molecule has 20 heavy (non-hydrogen) atoms. The van der Waals surface area contributed by atoms with Gasteiger partial charge in [0, 0.05) is 6.54 Å². The molecule has 3 N–H and O–H groups in total. The molecule has 0 aliphatic carbocycles. The first-order chi connectivity index (χ1) is 9.44. The summed E-state index contributed by atoms with van der Waals surface area (Å²) < 4.78 is 26.5. The lowest BCUT2D eigenvalue weighted by atomic mass is 10.2. The molecule has 8 heteroatoms. The van der Waals surface area contributed by atoms with E-state index in [2.05, 4.69) is 4.98 Å². The molecule has 1 aromatic heterocycles. The van der Waals surface area contributed by atoms with Crippen molar-refractivity contribution in [1.29, 1.82) is 0 Å². The van der Waals surface area contributed by atoms with Gasteiger partial charge in [-0.05, 0) is 25.0 Å². The summed E-state index contributed by atoms with van der Waals surface area (Å²) in [5, 5.41) is 8.62. The van der Waals surface area contributed by atoms with Gasteiger partial charge in [-0.15, -0.1) is 10.8 Å². The third kappa shape index (κ3) is 3.14. The highest BCUT2D eigenvalue weighted by Gasteiger charge is 2.30. The Hall–Kier alpha value is -1.51. The molecule has 1 saturated heterocycles. The van der Waals surface area contributed by atoms with Crippen molar-refractivity contribution in [2.75, 3.05) is 23.2 Å². The highest BCUT2D eigenvalue weighted by molar-refractivity contribution is 8.25. The maximum absolute atomic E-state index is 10.5. The normalized spacial score (nSPS) is 18.9. The zero-order chi connectivity index (χ0) is 14.8. The van der Waals surface area contributed by atoms with E-state index < -0.39 is 23.4 Å². The van der Waals surface area contributed by atoms with Gasteiger partial charge in [-0.1, -0.05) is 6.92 Å². The summed E-state index contributed by atoms with van der Waals surface area (Å²) in [6.07, 6.45) is 1.28. The van der Waals surface area contributed by atoms with E-state index in [1.54, 1.807) is 12.1 Å². The highest BCUT2D eigenvalue weighted by atomic mass is 32.3. The molecule has 1 fully saturated rings. The number of aliphatic carboxylic acids is 1. The highest BCUT2D eigenvalue weighted by Crippen LogP contribution is 2.50. The van der Waals surface area contributed by atoms with Crippen molar-refractivity contribution >= 4 is 22.6 Å². The van der Waals surface area contributed by atoms with Crippen LogP contribution in [0.3, 0.4) is 0 Å². The van der Waals surface area contributed by atoms with E-state index in [1.165, 1.54) is 4.31 Å². The number of rotatable bonds is 5. The molecule has 2 heterocycles. The van der Waals surface area contributed by atoms with Crippen LogP contribution in [0.5, 0.6) is 5.75 Å². The third-order valence-electron chi connectivity index (χ3n) is 2.99. The predicted molar refractivity (Wildman–Crippen MR) is 76.4 cm³/mol. The zero-order valence-electron chi connectivity index (χ0n) is 11.2. The first-order valence-corrected chi connectivity index (χ1v) is 7.99. The fourth-order valence-corrected chi connectivity index (χ4v) is 3.62. The molecule has 0 saturated carbocycles. The smallest absolute Gasteiger partial charge is 0.341 e. The lowest BCUT2D eigenvalue weighted by molar-refractivity contribution is -0.139. The number of hydrogen-bond acceptors (Lipinski definition) is 6. The largest absolute Gasteiger partial charge is 0.480 e. The summed E-state index contributed by atoms with van der Waals surface area (Å²) in [6, 6.07) is 3.24. The minimum Gasteiger partial charge on any atom is -0.480 e. The third-order valence-corrected chi connectivity index (χ3v) is 4.90. The van der Waals surface area contributed by atoms with Crippen molar-refractivity contribution < 1.29 is 23.7 Å². The van der Waals surface area contributed by atoms with Crippen molar-refractivity contribution in [2.45, 2.75) is 19.8 Å². The lowest BCUT2D eigenvalue weighted by Gasteiger charge is -2.37. The van der Waals surface area contributed by atoms with Crippen LogP contribution in [0.25, 0.3) is 0 Å². The number of carboxylic acids is 1. The summed E-state index contributed by atoms with van der Waals surface area (Å²) in [7, 11) is -2.77. The summed E-state index contributed by atoms with van der Waals surface area (Å²) >= 11 is 0. The van der Waals surface area contributed by atoms with E-state index in [-0.39, 0.29) is 0 Å². The Labute approximate surface area is 118 Å². The molecule has 0 bridgehead atoms. The molecule has 2 rings (SSSR count). The van der Waals surface area contributed by atoms with Crippen LogP contribution in [0.2, 0.25) is 0 Å². The number of carboxylic acid groups (broad SMARTS) is 1. The van der Waals surface area contributed by atoms with E-state index >= 15 is 0 Å². The first kappa shape index (κ1) is 14.9. The van der Waals surface area contributed by atoms with Crippen molar-refractivity contribution in [3.05, 3.63) is 17.8 Å². The van der Waals surface area contributed by atoms with E-state index in [0.29, 0.717) is 42.4 Å². The second-order valence-corrected chi connectivity index (χ2v) is 6.56. The fourth-order valence-electron chi connectivity index (χ4n) is 2.06. The second kappa shape index (κ2) is 5.86. The van der Waals surface area contributed by atoms with Crippen molar-refractivity contribution in [3.8, 4) is 5.75 Å². The molecule has 1 aliphatic rings. The van der Waals surface area contributed by atoms with E-state index in [0.717, 1.165) is 0 Å². The zero-order valence-corrected chi connectivity index (χ0v) is 12.0. The molecule has 1 aliphatic heterocycles. The molecular formula is C12H18N2O5S. The van der Waals surface area contributed by atoms with Crippen LogP contribution in [0.15, 0.2) is 12.1 Å². The van der Waals surface area contributed by atoms with Gasteiger partial charge < -0.3 is 9.84 Å². The average molecular weight is 302 g/mol. The standard InChI is InChI=1S/C12H18N2O5S/c1-2-9-10(19-8-12(15)16)4-5-11(13-9)14-6-3-7-20(14,17)18/h4-5,17-18H,2-3,6-8H2,1H3,(H,15,16). The van der Waals surface area contributed by atoms with Crippen LogP contribution in [0.1, 0.15) is 19.0 Å². The molecule has 0 unspecified atom stereocenters. The van der Waals surface area contributed by atoms with Gasteiger partial charge in [-0.25, -0.2) is 9.78 Å². The van der Waals surface area contributed by atoms with Crippen molar-refractivity contribution in [3.63, 3.8) is 0 Å². The average Bonchev–Trinajstić information content (AvgIpc) is 2.75. The molecule has 0 spiro atoms. The van der Waals surface area contributed by atoms with Crippen molar-refractivity contribution in [1.82, 2.24) is 4.98 Å². The Kier molecular flexibility index (Phi) is 4.36. The number of aromatic nitrogens is 1. The number of anilines is 1. The molecular weight excluding hydrogens is 284 g/mol. The molecule has 0 atom stereocenters. The number of ether oxygens (including phenoxy) is 1. The second-order valence-electron chi connectivity index (χ2n) is 4.44. The molecule has 0 aromatic carbocycles. The summed E-state index contributed by atoms with van der Waals surface area (Å²) in [4.78, 5) is 14.9. The Morgan fingerprint density at radius 2 is 2.25 bits per heavy atom. The molecule has 0 radical (unpaired) electrons. The summed E-state index contributed by atoms with van der Waals surface area (Å²) in [5.74, 6) is 0.203. The Morgan fingerprint density at radius 1 is 1.50 bits per heavy atom. The van der Waals surface area contributed by atoms with Crippen molar-refractivity contribution in [2.24, 2.45) is 0 Å². The first-order valence-electron chi connectivity index (χ1n) is 6.32. The van der Waals surface area contributed by atoms with Crippen LogP contribution >= 0.6 is 10.8 Å². The Morgan fingerprint density at radius 3 is 2.80 bits per heavy atom. The fraction of sp³-hybridized carbons (Fsp3) is 0.500. The minimum absolute atomic E-state index is 0.355. The van der Waals surface area contributed by atoms with Gasteiger partial charge in [-0.2, -0.15) is 0 Å². The molecule has 7 nitrogen and oxygen atoms in total. The minimum atomic E-state index is -2.77. The van der Waals surface area contributed by atoms with Gasteiger partial charge in [-0.3, -0.25) is 13.4 Å². The Bertz CT molecular complexity index is 509. The van der Waals surface area contributed by atoms with E-state index in [1.807, 2.05) is 6.92 Å². The number of aryl methyl sites for hydroxylation is 1. The lowest BCUT2D eigenvalue weighted by Crippen LogP contribution is -2.23. The number of hydrogen-bond donors (Lipinski definition) is 3. The van der Waals surface area contributed by atoms with Gasteiger partial charge in [0.1, 0.15) is 11.6 Å². The molecule has 1 aromatic rings. The quantitative estimate of drug-likeness (QED) is 0.764. The van der Waals surface area contributed by atoms with Crippen LogP contribution in [-0.2, 0) is 11.2 Å². The SMILES string of the molecule is CCc1nc(N2CCCS2(O)O)ccc1OCC(=O)O. The monoisotopic (exact) mass is 302 g/mol. The Balaban J connectivity index is 2.23. The topological polar surface area (TPSA) is 103 Å². The van der Waals surface area contributed by atoms with Gasteiger partial charge in [0.25, 0.3) is 0 Å². The number of nitrogens with zero attached hydrogens (tertiary/aromatic N) is 2. The number of pyridine rings is 1.